The zero-order chi connectivity index (χ0) is 28.5. The zero-order valence-electron chi connectivity index (χ0n) is 23.8. The predicted molar refractivity (Wildman–Crippen MR) is 188 cm³/mol. The van der Waals surface area contributed by atoms with Crippen LogP contribution < -0.4 is 0 Å². The Labute approximate surface area is 251 Å². The molecule has 0 saturated heterocycles. The van der Waals surface area contributed by atoms with Crippen LogP contribution >= 0.6 is 0 Å². The summed E-state index contributed by atoms with van der Waals surface area (Å²) in [5, 5.41) is 15.7. The third kappa shape index (κ3) is 2.63. The van der Waals surface area contributed by atoms with Crippen molar-refractivity contribution in [3.63, 3.8) is 0 Å². The molecule has 0 N–H and O–H groups in total. The molecule has 8 aromatic carbocycles. The van der Waals surface area contributed by atoms with Gasteiger partial charge in [0, 0.05) is 38.0 Å². The van der Waals surface area contributed by atoms with Crippen molar-refractivity contribution in [2.24, 2.45) is 0 Å². The lowest BCUT2D eigenvalue weighted by Gasteiger charge is -2.13. The Morgan fingerprint density at radius 2 is 0.818 bits per heavy atom. The van der Waals surface area contributed by atoms with Crippen LogP contribution in [0.3, 0.4) is 0 Å². The Morgan fingerprint density at radius 1 is 0.295 bits per heavy atom. The van der Waals surface area contributed by atoms with Crippen LogP contribution in [-0.2, 0) is 0 Å². The van der Waals surface area contributed by atoms with Crippen molar-refractivity contribution >= 4 is 92.2 Å². The number of hydrogen-bond donors (Lipinski definition) is 0. The summed E-state index contributed by atoms with van der Waals surface area (Å²) in [5.41, 5.74) is 7.51. The molecule has 3 heterocycles. The first-order valence-corrected chi connectivity index (χ1v) is 15.3. The number of benzene rings is 8. The van der Waals surface area contributed by atoms with E-state index in [2.05, 4.69) is 155 Å². The molecule has 0 atom stereocenters. The maximum Gasteiger partial charge on any atom is 0.0620 e. The van der Waals surface area contributed by atoms with Crippen LogP contribution in [-0.4, -0.2) is 8.97 Å². The monoisotopic (exact) mass is 556 g/mol. The highest BCUT2D eigenvalue weighted by molar-refractivity contribution is 6.33. The second-order valence-electron chi connectivity index (χ2n) is 12.1. The molecule has 0 aliphatic heterocycles. The van der Waals surface area contributed by atoms with Gasteiger partial charge in [-0.1, -0.05) is 109 Å². The number of hydrogen-bond acceptors (Lipinski definition) is 0. The van der Waals surface area contributed by atoms with Gasteiger partial charge in [0.2, 0.25) is 0 Å². The van der Waals surface area contributed by atoms with E-state index < -0.39 is 0 Å². The van der Waals surface area contributed by atoms with E-state index in [1.807, 2.05) is 0 Å². The highest BCUT2D eigenvalue weighted by Crippen LogP contribution is 2.45. The number of nitrogens with zero attached hydrogens (tertiary/aromatic N) is 2. The summed E-state index contributed by atoms with van der Waals surface area (Å²) < 4.78 is 4.95. The summed E-state index contributed by atoms with van der Waals surface area (Å²) in [6, 6.07) is 53.9. The lowest BCUT2D eigenvalue weighted by Crippen LogP contribution is -1.94. The van der Waals surface area contributed by atoms with Gasteiger partial charge in [-0.3, -0.25) is 0 Å². The molecule has 0 unspecified atom stereocenters. The number of fused-ring (bicyclic) bond motifs is 16. The highest BCUT2D eigenvalue weighted by Gasteiger charge is 2.22. The van der Waals surface area contributed by atoms with Gasteiger partial charge in [0.15, 0.2) is 0 Å². The summed E-state index contributed by atoms with van der Waals surface area (Å²) in [6.45, 7) is 0. The third-order valence-electron chi connectivity index (χ3n) is 10.0. The maximum atomic E-state index is 2.48. The predicted octanol–water partition coefficient (Wildman–Crippen LogP) is 11.4. The van der Waals surface area contributed by atoms with Gasteiger partial charge in [-0.15, -0.1) is 0 Å². The fourth-order valence-corrected chi connectivity index (χ4v) is 8.29. The Morgan fingerprint density at radius 3 is 1.57 bits per heavy atom. The van der Waals surface area contributed by atoms with Gasteiger partial charge >= 0.3 is 0 Å². The van der Waals surface area contributed by atoms with Crippen molar-refractivity contribution in [1.82, 2.24) is 8.97 Å². The average molecular weight is 557 g/mol. The molecule has 44 heavy (non-hydrogen) atoms. The minimum atomic E-state index is 1.19. The molecule has 0 amide bonds. The molecule has 0 bridgehead atoms. The van der Waals surface area contributed by atoms with Crippen LogP contribution in [0.25, 0.3) is 97.9 Å². The summed E-state index contributed by atoms with van der Waals surface area (Å²) in [5.74, 6) is 0. The Bertz CT molecular complexity index is 2960. The van der Waals surface area contributed by atoms with E-state index in [0.717, 1.165) is 0 Å². The van der Waals surface area contributed by atoms with Crippen molar-refractivity contribution < 1.29 is 0 Å². The van der Waals surface area contributed by atoms with E-state index in [1.165, 1.54) is 97.9 Å². The molecule has 0 fully saturated rings. The summed E-state index contributed by atoms with van der Waals surface area (Å²) >= 11 is 0. The molecule has 0 saturated carbocycles. The Kier molecular flexibility index (Phi) is 4.10. The summed E-state index contributed by atoms with van der Waals surface area (Å²) in [4.78, 5) is 0. The van der Waals surface area contributed by atoms with Gasteiger partial charge in [-0.2, -0.15) is 0 Å². The SMILES string of the molecule is c1ccc2c(c1)c1ccccc1c1cc(-n3c4ccccc4c4c5c6cccc7c8ccccc8n(c5ccc43)c76)ccc21. The topological polar surface area (TPSA) is 9.34 Å². The summed E-state index contributed by atoms with van der Waals surface area (Å²) in [7, 11) is 0. The average Bonchev–Trinajstić information content (AvgIpc) is 3.73. The standard InChI is InChI=1S/C42H24N2/c1-2-12-28-26(10-1)27-11-3-4-13-29(27)35-24-25(20-21-30(28)35)43-37-19-8-6-15-33(37)40-38(43)22-23-39-41(40)34-17-9-16-32-31-14-5-7-18-36(31)44(39)42(32)34/h1-24H. The van der Waals surface area contributed by atoms with Crippen molar-refractivity contribution in [3.05, 3.63) is 146 Å². The molecule has 2 nitrogen and oxygen atoms in total. The lowest BCUT2D eigenvalue weighted by molar-refractivity contribution is 1.19. The second kappa shape index (κ2) is 7.94. The first-order chi connectivity index (χ1) is 21.9. The maximum absolute atomic E-state index is 2.48. The van der Waals surface area contributed by atoms with Crippen molar-refractivity contribution in [1.29, 1.82) is 0 Å². The van der Waals surface area contributed by atoms with Crippen LogP contribution in [0.1, 0.15) is 0 Å². The quantitative estimate of drug-likeness (QED) is 0.178. The molecule has 0 radical (unpaired) electrons. The number of para-hydroxylation sites is 3. The first-order valence-electron chi connectivity index (χ1n) is 15.3. The van der Waals surface area contributed by atoms with Gasteiger partial charge in [-0.05, 0) is 68.7 Å². The molecule has 11 rings (SSSR count). The van der Waals surface area contributed by atoms with Gasteiger partial charge in [0.1, 0.15) is 0 Å². The number of aromatic nitrogens is 2. The van der Waals surface area contributed by atoms with Crippen LogP contribution in [0.5, 0.6) is 0 Å². The number of rotatable bonds is 1. The minimum Gasteiger partial charge on any atom is -0.309 e. The molecular weight excluding hydrogens is 532 g/mol. The molecule has 0 aliphatic rings. The van der Waals surface area contributed by atoms with Gasteiger partial charge in [-0.25, -0.2) is 0 Å². The Balaban J connectivity index is 1.31. The van der Waals surface area contributed by atoms with Gasteiger partial charge < -0.3 is 8.97 Å². The minimum absolute atomic E-state index is 1.19. The fraction of sp³-hybridized carbons (Fsp3) is 0. The van der Waals surface area contributed by atoms with E-state index in [9.17, 15) is 0 Å². The second-order valence-corrected chi connectivity index (χ2v) is 12.1. The van der Waals surface area contributed by atoms with E-state index in [0.29, 0.717) is 0 Å². The fourth-order valence-electron chi connectivity index (χ4n) is 8.29. The first kappa shape index (κ1) is 22.7. The molecule has 3 aromatic heterocycles. The third-order valence-corrected chi connectivity index (χ3v) is 10.0. The van der Waals surface area contributed by atoms with Crippen LogP contribution in [0.15, 0.2) is 146 Å². The smallest absolute Gasteiger partial charge is 0.0620 e. The zero-order valence-corrected chi connectivity index (χ0v) is 23.8. The van der Waals surface area contributed by atoms with Crippen molar-refractivity contribution in [2.45, 2.75) is 0 Å². The molecule has 11 aromatic rings. The van der Waals surface area contributed by atoms with Crippen molar-refractivity contribution in [3.8, 4) is 5.69 Å². The molecule has 0 aliphatic carbocycles. The summed E-state index contributed by atoms with van der Waals surface area (Å²) in [6.07, 6.45) is 0. The lowest BCUT2D eigenvalue weighted by atomic mass is 9.94. The molecule has 202 valence electrons. The van der Waals surface area contributed by atoms with Crippen LogP contribution in [0, 0.1) is 0 Å². The molecule has 2 heteroatoms. The highest BCUT2D eigenvalue weighted by atomic mass is 15.0. The van der Waals surface area contributed by atoms with E-state index in [4.69, 9.17) is 0 Å². The van der Waals surface area contributed by atoms with Crippen molar-refractivity contribution in [2.75, 3.05) is 0 Å². The van der Waals surface area contributed by atoms with Crippen LogP contribution in [0.4, 0.5) is 0 Å². The molecule has 0 spiro atoms. The van der Waals surface area contributed by atoms with E-state index in [1.54, 1.807) is 0 Å². The van der Waals surface area contributed by atoms with Gasteiger partial charge in [0.25, 0.3) is 0 Å². The Hall–Kier alpha value is -5.86. The largest absolute Gasteiger partial charge is 0.309 e. The van der Waals surface area contributed by atoms with E-state index >= 15 is 0 Å². The van der Waals surface area contributed by atoms with E-state index in [-0.39, 0.29) is 0 Å². The normalized spacial score (nSPS) is 12.5. The van der Waals surface area contributed by atoms with Gasteiger partial charge in [0.05, 0.1) is 27.6 Å². The van der Waals surface area contributed by atoms with Crippen LogP contribution in [0.2, 0.25) is 0 Å². The molecular formula is C42H24N2.